The number of unbranched alkanes of at least 4 members (excludes halogenated alkanes) is 12. The Labute approximate surface area is 298 Å². The van der Waals surface area contributed by atoms with Crippen molar-refractivity contribution in [3.8, 4) is 0 Å². The molecule has 0 saturated carbocycles. The van der Waals surface area contributed by atoms with Crippen LogP contribution in [0.3, 0.4) is 0 Å². The van der Waals surface area contributed by atoms with Gasteiger partial charge in [-0.05, 0) is 57.9 Å². The van der Waals surface area contributed by atoms with Gasteiger partial charge in [-0.15, -0.1) is 6.58 Å². The smallest absolute Gasteiger partial charge is 0.136 e. The topological polar surface area (TPSA) is 46.6 Å². The van der Waals surface area contributed by atoms with E-state index in [0.717, 1.165) is 58.2 Å². The van der Waals surface area contributed by atoms with Gasteiger partial charge >= 0.3 is 0 Å². The van der Waals surface area contributed by atoms with Crippen LogP contribution >= 0.6 is 0 Å². The number of ketones is 2. The fourth-order valence-electron chi connectivity index (χ4n) is 5.72. The largest absolute Gasteiger partial charge is 0.383 e. The van der Waals surface area contributed by atoms with Crippen LogP contribution in [-0.4, -0.2) is 49.3 Å². The van der Waals surface area contributed by atoms with Gasteiger partial charge in [-0.25, -0.2) is 0 Å². The number of hydrogen-bond donors (Lipinski definition) is 0. The molecule has 1 fully saturated rings. The summed E-state index contributed by atoms with van der Waals surface area (Å²) in [5.74, 6) is 1.33. The maximum Gasteiger partial charge on any atom is 0.136 e. The molecule has 1 unspecified atom stereocenters. The van der Waals surface area contributed by atoms with E-state index in [4.69, 9.17) is 4.74 Å². The number of methoxy groups -OCH3 is 1. The van der Waals surface area contributed by atoms with Crippen molar-refractivity contribution in [2.45, 2.75) is 211 Å². The van der Waals surface area contributed by atoms with E-state index in [1.807, 2.05) is 47.6 Å². The fraction of sp³-hybridized carbons (Fsp3) is 0.907. The molecule has 0 radical (unpaired) electrons. The lowest BCUT2D eigenvalue weighted by molar-refractivity contribution is -0.125. The van der Waals surface area contributed by atoms with Crippen LogP contribution in [0.5, 0.6) is 0 Å². The first-order valence-corrected chi connectivity index (χ1v) is 20.4. The minimum absolute atomic E-state index is 0.155. The molecule has 1 heterocycles. The fourth-order valence-corrected chi connectivity index (χ4v) is 5.72. The van der Waals surface area contributed by atoms with Gasteiger partial charge < -0.3 is 4.74 Å². The van der Waals surface area contributed by atoms with Crippen LogP contribution in [0.2, 0.25) is 0 Å². The number of carbonyl (C=O) groups excluding carboxylic acids is 2. The van der Waals surface area contributed by atoms with Crippen molar-refractivity contribution >= 4 is 11.6 Å². The van der Waals surface area contributed by atoms with Gasteiger partial charge in [-0.3, -0.25) is 14.5 Å². The highest BCUT2D eigenvalue weighted by Gasteiger charge is 2.36. The molecule has 4 heteroatoms. The highest BCUT2D eigenvalue weighted by molar-refractivity contribution is 5.81. The quantitative estimate of drug-likeness (QED) is 0.0759. The first-order valence-electron chi connectivity index (χ1n) is 20.4. The number of hydrogen-bond acceptors (Lipinski definition) is 4. The van der Waals surface area contributed by atoms with Crippen LogP contribution in [0.4, 0.5) is 0 Å². The van der Waals surface area contributed by atoms with E-state index in [-0.39, 0.29) is 17.1 Å². The zero-order chi connectivity index (χ0) is 36.9. The third kappa shape index (κ3) is 32.0. The minimum atomic E-state index is -0.210. The first kappa shape index (κ1) is 52.8. The van der Waals surface area contributed by atoms with Crippen LogP contribution in [0.25, 0.3) is 0 Å². The molecule has 1 rings (SSSR count). The zero-order valence-corrected chi connectivity index (χ0v) is 34.7. The maximum atomic E-state index is 12.6. The van der Waals surface area contributed by atoms with E-state index in [1.54, 1.807) is 14.0 Å². The molecule has 1 aliphatic rings. The molecule has 284 valence electrons. The van der Waals surface area contributed by atoms with Crippen LogP contribution in [0, 0.1) is 17.3 Å². The van der Waals surface area contributed by atoms with Crippen LogP contribution in [-0.2, 0) is 14.3 Å². The Bertz CT molecular complexity index is 659. The lowest BCUT2D eigenvalue weighted by Crippen LogP contribution is -2.34. The summed E-state index contributed by atoms with van der Waals surface area (Å²) in [7, 11) is 1.77. The van der Waals surface area contributed by atoms with E-state index in [2.05, 4.69) is 46.1 Å². The molecule has 0 aromatic rings. The second-order valence-electron chi connectivity index (χ2n) is 13.8. The molecule has 4 nitrogen and oxygen atoms in total. The summed E-state index contributed by atoms with van der Waals surface area (Å²) in [5.41, 5.74) is -0.210. The number of likely N-dealkylation sites (tertiary alicyclic amines) is 1. The molecule has 0 amide bonds. The zero-order valence-electron chi connectivity index (χ0n) is 34.7. The Hall–Kier alpha value is -1.00. The Morgan fingerprint density at radius 1 is 0.830 bits per heavy atom. The number of ether oxygens (including phenoxy) is 1. The van der Waals surface area contributed by atoms with Crippen molar-refractivity contribution in [2.75, 3.05) is 26.8 Å². The predicted molar refractivity (Wildman–Crippen MR) is 213 cm³/mol. The molecule has 0 aromatic carbocycles. The normalized spacial score (nSPS) is 16.2. The van der Waals surface area contributed by atoms with Crippen LogP contribution < -0.4 is 0 Å². The highest BCUT2D eigenvalue weighted by Crippen LogP contribution is 2.32. The monoisotopic (exact) mass is 668 g/mol. The number of rotatable bonds is 24. The molecule has 0 bridgehead atoms. The van der Waals surface area contributed by atoms with Gasteiger partial charge in [0.25, 0.3) is 0 Å². The summed E-state index contributed by atoms with van der Waals surface area (Å²) < 4.78 is 5.46. The summed E-state index contributed by atoms with van der Waals surface area (Å²) in [5, 5.41) is 0. The molecule has 0 aliphatic carbocycles. The van der Waals surface area contributed by atoms with E-state index in [9.17, 15) is 9.59 Å². The number of nitrogens with zero attached hydrogens (tertiary/aromatic N) is 1. The van der Waals surface area contributed by atoms with Gasteiger partial charge in [0.2, 0.25) is 0 Å². The minimum Gasteiger partial charge on any atom is -0.383 e. The third-order valence-corrected chi connectivity index (χ3v) is 9.12. The molecule has 1 saturated heterocycles. The number of Topliss-reactive ketones (excluding diaryl/α,β-unsaturated/α-hetero) is 2. The highest BCUT2D eigenvalue weighted by atomic mass is 16.5. The average Bonchev–Trinajstić information content (AvgIpc) is 3.47. The molecular weight excluding hydrogens is 578 g/mol. The summed E-state index contributed by atoms with van der Waals surface area (Å²) in [6, 6.07) is 0.422. The van der Waals surface area contributed by atoms with Crippen molar-refractivity contribution in [3.05, 3.63) is 12.7 Å². The molecular formula is C43H89NO3. The lowest BCUT2D eigenvalue weighted by Gasteiger charge is -2.25. The lowest BCUT2D eigenvalue weighted by atomic mass is 9.83. The Balaban J connectivity index is -0.000000404. The van der Waals surface area contributed by atoms with Gasteiger partial charge in [0.05, 0.1) is 6.61 Å². The van der Waals surface area contributed by atoms with Crippen LogP contribution in [0.15, 0.2) is 12.7 Å². The third-order valence-electron chi connectivity index (χ3n) is 9.12. The Morgan fingerprint density at radius 2 is 1.32 bits per heavy atom. The van der Waals surface area contributed by atoms with Gasteiger partial charge in [0.15, 0.2) is 0 Å². The summed E-state index contributed by atoms with van der Waals surface area (Å²) >= 11 is 0. The van der Waals surface area contributed by atoms with E-state index >= 15 is 0 Å². The van der Waals surface area contributed by atoms with Crippen LogP contribution in [0.1, 0.15) is 205 Å². The van der Waals surface area contributed by atoms with Crippen molar-refractivity contribution in [3.63, 3.8) is 0 Å². The molecule has 0 spiro atoms. The first-order chi connectivity index (χ1) is 22.6. The number of allylic oxidation sites excluding steroid dienone is 1. The maximum absolute atomic E-state index is 12.6. The Morgan fingerprint density at radius 3 is 1.79 bits per heavy atom. The summed E-state index contributed by atoms with van der Waals surface area (Å²) in [4.78, 5) is 26.8. The van der Waals surface area contributed by atoms with E-state index < -0.39 is 0 Å². The standard InChI is InChI=1S/C24H45NO3.C12H24.C3H8.2C2H6/c1-7-8-9-10-13-23(27)19(2)21-16-22(18-28-6)25(17-21)15-12-11-14-24(4,5)20(3)26;1-3-5-7-9-11-12-10-8-6-4-2;1-3-2;2*1-2/h19,21-22H,7-18H2,1-6H3;3H,1,4-12H2,2H3;3H2,1-2H3;2*1-2H3/t19?,21-,22-;;;;/m0..../s1. The second-order valence-corrected chi connectivity index (χ2v) is 13.8. The number of carbonyl (C=O) groups is 2. The molecule has 0 aromatic heterocycles. The van der Waals surface area contributed by atoms with Gasteiger partial charge in [0, 0.05) is 37.5 Å². The molecule has 1 aliphatic heterocycles. The summed E-state index contributed by atoms with van der Waals surface area (Å²) in [6.07, 6.45) is 25.3. The van der Waals surface area contributed by atoms with Crippen molar-refractivity contribution in [2.24, 2.45) is 17.3 Å². The second kappa shape index (κ2) is 39.4. The molecule has 3 atom stereocenters. The van der Waals surface area contributed by atoms with Crippen molar-refractivity contribution < 1.29 is 14.3 Å². The van der Waals surface area contributed by atoms with E-state index in [0.29, 0.717) is 17.7 Å². The Kier molecular flexibility index (Phi) is 44.3. The van der Waals surface area contributed by atoms with Gasteiger partial charge in [-0.1, -0.05) is 159 Å². The van der Waals surface area contributed by atoms with Crippen molar-refractivity contribution in [1.29, 1.82) is 0 Å². The predicted octanol–water partition coefficient (Wildman–Crippen LogP) is 13.5. The van der Waals surface area contributed by atoms with Gasteiger partial charge in [-0.2, -0.15) is 0 Å². The van der Waals surface area contributed by atoms with Crippen molar-refractivity contribution in [1.82, 2.24) is 4.90 Å². The molecule has 0 N–H and O–H groups in total. The van der Waals surface area contributed by atoms with E-state index in [1.165, 1.54) is 83.5 Å². The average molecular weight is 668 g/mol. The summed E-state index contributed by atoms with van der Waals surface area (Å²) in [6.45, 7) is 31.1. The molecule has 47 heavy (non-hydrogen) atoms. The van der Waals surface area contributed by atoms with Gasteiger partial charge in [0.1, 0.15) is 11.6 Å². The SMILES string of the molecule is C=CCCCCCCCCCC.CC.CC.CCC.CCCCCCC(=O)C(C)[C@H]1C[C@@H](COC)N(CCCCC(C)(C)C(C)=O)C1.